The molecule has 0 N–H and O–H groups in total. The molecule has 0 aliphatic carbocycles. The molecule has 0 amide bonds. The van der Waals surface area contributed by atoms with Crippen LogP contribution < -0.4 is 0 Å². The van der Waals surface area contributed by atoms with Crippen LogP contribution in [0.15, 0.2) is 53.2 Å². The van der Waals surface area contributed by atoms with Crippen LogP contribution in [0.25, 0.3) is 11.0 Å². The Morgan fingerprint density at radius 2 is 2.16 bits per heavy atom. The molecule has 3 rings (SSSR count). The first-order valence-corrected chi connectivity index (χ1v) is 5.83. The van der Waals surface area contributed by atoms with E-state index in [9.17, 15) is 9.18 Å². The van der Waals surface area contributed by atoms with Crippen molar-refractivity contribution in [2.75, 3.05) is 0 Å². The topological polar surface area (TPSA) is 43.1 Å². The Morgan fingerprint density at radius 1 is 1.26 bits per heavy atom. The fraction of sp³-hybridized carbons (Fsp3) is 0.0667. The Balaban J connectivity index is 1.89. The van der Waals surface area contributed by atoms with Gasteiger partial charge in [0.1, 0.15) is 11.4 Å². The first kappa shape index (κ1) is 11.6. The van der Waals surface area contributed by atoms with Gasteiger partial charge in [-0.3, -0.25) is 9.78 Å². The zero-order valence-electron chi connectivity index (χ0n) is 9.97. The third-order valence-electron chi connectivity index (χ3n) is 2.84. The molecule has 19 heavy (non-hydrogen) atoms. The van der Waals surface area contributed by atoms with Gasteiger partial charge in [0.05, 0.1) is 0 Å². The summed E-state index contributed by atoms with van der Waals surface area (Å²) in [7, 11) is 0. The molecule has 0 saturated heterocycles. The van der Waals surface area contributed by atoms with E-state index < -0.39 is 0 Å². The number of ketones is 1. The number of halogens is 1. The molecular formula is C15H10FNO2. The summed E-state index contributed by atoms with van der Waals surface area (Å²) in [5.41, 5.74) is 1.33. The number of aromatic nitrogens is 1. The minimum absolute atomic E-state index is 0.149. The van der Waals surface area contributed by atoms with Crippen LogP contribution >= 0.6 is 0 Å². The van der Waals surface area contributed by atoms with Gasteiger partial charge in [-0.05, 0) is 35.9 Å². The summed E-state index contributed by atoms with van der Waals surface area (Å²) in [6.45, 7) is 0. The van der Waals surface area contributed by atoms with Gasteiger partial charge in [-0.1, -0.05) is 6.07 Å². The third-order valence-corrected chi connectivity index (χ3v) is 2.84. The van der Waals surface area contributed by atoms with Gasteiger partial charge in [0.15, 0.2) is 5.76 Å². The second kappa shape index (κ2) is 4.65. The third kappa shape index (κ3) is 2.38. The highest BCUT2D eigenvalue weighted by atomic mass is 19.1. The van der Waals surface area contributed by atoms with Crippen LogP contribution in [-0.2, 0) is 6.42 Å². The van der Waals surface area contributed by atoms with E-state index in [1.54, 1.807) is 24.5 Å². The molecular weight excluding hydrogens is 245 g/mol. The highest BCUT2D eigenvalue weighted by molar-refractivity contribution is 5.98. The summed E-state index contributed by atoms with van der Waals surface area (Å²) < 4.78 is 18.5. The lowest BCUT2D eigenvalue weighted by Crippen LogP contribution is -2.01. The Morgan fingerprint density at radius 3 is 2.95 bits per heavy atom. The van der Waals surface area contributed by atoms with Crippen LogP contribution in [0.3, 0.4) is 0 Å². The first-order chi connectivity index (χ1) is 9.22. The molecule has 0 unspecified atom stereocenters. The molecule has 0 radical (unpaired) electrons. The first-order valence-electron chi connectivity index (χ1n) is 5.83. The Bertz CT molecular complexity index is 734. The van der Waals surface area contributed by atoms with E-state index in [0.717, 1.165) is 5.56 Å². The summed E-state index contributed by atoms with van der Waals surface area (Å²) in [6, 6.07) is 9.34. The van der Waals surface area contributed by atoms with E-state index in [0.29, 0.717) is 11.0 Å². The molecule has 0 fully saturated rings. The molecule has 0 spiro atoms. The van der Waals surface area contributed by atoms with Crippen molar-refractivity contribution in [3.63, 3.8) is 0 Å². The number of furan rings is 1. The molecule has 0 bridgehead atoms. The lowest BCUT2D eigenvalue weighted by Gasteiger charge is -1.96. The number of fused-ring (bicyclic) bond motifs is 1. The Labute approximate surface area is 108 Å². The largest absolute Gasteiger partial charge is 0.453 e. The standard InChI is InChI=1S/C15H10FNO2/c16-12-3-4-14-11(7-12)8-15(19-14)13(18)6-10-2-1-5-17-9-10/h1-5,7-9H,6H2. The van der Waals surface area contributed by atoms with Crippen molar-refractivity contribution in [2.45, 2.75) is 6.42 Å². The number of benzene rings is 1. The smallest absolute Gasteiger partial charge is 0.202 e. The fourth-order valence-corrected chi connectivity index (χ4v) is 1.93. The fourth-order valence-electron chi connectivity index (χ4n) is 1.93. The van der Waals surface area contributed by atoms with Crippen LogP contribution in [0.5, 0.6) is 0 Å². The van der Waals surface area contributed by atoms with Gasteiger partial charge >= 0.3 is 0 Å². The van der Waals surface area contributed by atoms with Crippen molar-refractivity contribution >= 4 is 16.8 Å². The van der Waals surface area contributed by atoms with Crippen LogP contribution in [-0.4, -0.2) is 10.8 Å². The predicted octanol–water partition coefficient (Wildman–Crippen LogP) is 3.39. The summed E-state index contributed by atoms with van der Waals surface area (Å²) in [4.78, 5) is 16.0. The highest BCUT2D eigenvalue weighted by Crippen LogP contribution is 2.21. The number of hydrogen-bond acceptors (Lipinski definition) is 3. The van der Waals surface area contributed by atoms with E-state index >= 15 is 0 Å². The second-order valence-corrected chi connectivity index (χ2v) is 4.25. The molecule has 94 valence electrons. The normalized spacial score (nSPS) is 10.8. The minimum atomic E-state index is -0.348. The zero-order valence-corrected chi connectivity index (χ0v) is 9.97. The van der Waals surface area contributed by atoms with Crippen LogP contribution in [0.1, 0.15) is 16.1 Å². The SMILES string of the molecule is O=C(Cc1cccnc1)c1cc2cc(F)ccc2o1. The average Bonchev–Trinajstić information content (AvgIpc) is 2.83. The van der Waals surface area contributed by atoms with Gasteiger partial charge in [0, 0.05) is 24.2 Å². The zero-order chi connectivity index (χ0) is 13.2. The maximum Gasteiger partial charge on any atom is 0.202 e. The minimum Gasteiger partial charge on any atom is -0.453 e. The van der Waals surface area contributed by atoms with E-state index in [1.165, 1.54) is 18.2 Å². The summed E-state index contributed by atoms with van der Waals surface area (Å²) in [6.07, 6.45) is 3.51. The molecule has 1 aromatic carbocycles. The molecule has 0 atom stereocenters. The number of Topliss-reactive ketones (excluding diaryl/α,β-unsaturated/α-hetero) is 1. The van der Waals surface area contributed by atoms with Gasteiger partial charge in [-0.15, -0.1) is 0 Å². The van der Waals surface area contributed by atoms with Crippen molar-refractivity contribution in [2.24, 2.45) is 0 Å². The molecule has 2 heterocycles. The number of carbonyl (C=O) groups excluding carboxylic acids is 1. The van der Waals surface area contributed by atoms with Crippen molar-refractivity contribution in [3.8, 4) is 0 Å². The van der Waals surface area contributed by atoms with Crippen LogP contribution in [0.2, 0.25) is 0 Å². The maximum absolute atomic E-state index is 13.1. The lowest BCUT2D eigenvalue weighted by molar-refractivity contribution is 0.0968. The highest BCUT2D eigenvalue weighted by Gasteiger charge is 2.13. The Hall–Kier alpha value is -2.49. The van der Waals surface area contributed by atoms with Gasteiger partial charge in [0.25, 0.3) is 0 Å². The summed E-state index contributed by atoms with van der Waals surface area (Å²) in [5.74, 6) is -0.256. The second-order valence-electron chi connectivity index (χ2n) is 4.25. The maximum atomic E-state index is 13.1. The Kier molecular flexibility index (Phi) is 2.83. The predicted molar refractivity (Wildman–Crippen MR) is 68.4 cm³/mol. The number of nitrogens with zero attached hydrogens (tertiary/aromatic N) is 1. The number of pyridine rings is 1. The summed E-state index contributed by atoms with van der Waals surface area (Å²) >= 11 is 0. The van der Waals surface area contributed by atoms with E-state index in [4.69, 9.17) is 4.42 Å². The quantitative estimate of drug-likeness (QED) is 0.674. The van der Waals surface area contributed by atoms with Gasteiger partial charge in [-0.2, -0.15) is 0 Å². The van der Waals surface area contributed by atoms with Crippen LogP contribution in [0.4, 0.5) is 4.39 Å². The van der Waals surface area contributed by atoms with Gasteiger partial charge < -0.3 is 4.42 Å². The molecule has 0 aliphatic heterocycles. The van der Waals surface area contributed by atoms with E-state index in [1.807, 2.05) is 6.07 Å². The van der Waals surface area contributed by atoms with E-state index in [2.05, 4.69) is 4.98 Å². The number of rotatable bonds is 3. The van der Waals surface area contributed by atoms with E-state index in [-0.39, 0.29) is 23.8 Å². The molecule has 0 aliphatic rings. The monoisotopic (exact) mass is 255 g/mol. The van der Waals surface area contributed by atoms with Crippen molar-refractivity contribution < 1.29 is 13.6 Å². The molecule has 4 heteroatoms. The number of carbonyl (C=O) groups is 1. The lowest BCUT2D eigenvalue weighted by atomic mass is 10.1. The van der Waals surface area contributed by atoms with Crippen molar-refractivity contribution in [1.29, 1.82) is 0 Å². The average molecular weight is 255 g/mol. The molecule has 3 aromatic rings. The van der Waals surface area contributed by atoms with Gasteiger partial charge in [0.2, 0.25) is 5.78 Å². The summed E-state index contributed by atoms with van der Waals surface area (Å²) in [5, 5.41) is 0.592. The molecule has 3 nitrogen and oxygen atoms in total. The van der Waals surface area contributed by atoms with Gasteiger partial charge in [-0.25, -0.2) is 4.39 Å². The number of hydrogen-bond donors (Lipinski definition) is 0. The molecule has 0 saturated carbocycles. The van der Waals surface area contributed by atoms with Crippen molar-refractivity contribution in [3.05, 3.63) is 65.9 Å². The molecule has 2 aromatic heterocycles. The van der Waals surface area contributed by atoms with Crippen molar-refractivity contribution in [1.82, 2.24) is 4.98 Å². The van der Waals surface area contributed by atoms with Crippen LogP contribution in [0, 0.1) is 5.82 Å².